The van der Waals surface area contributed by atoms with Crippen molar-refractivity contribution in [3.63, 3.8) is 0 Å². The highest BCUT2D eigenvalue weighted by molar-refractivity contribution is 4.94. The highest BCUT2D eigenvalue weighted by Crippen LogP contribution is 2.32. The van der Waals surface area contributed by atoms with Gasteiger partial charge >= 0.3 is 0 Å². The fraction of sp³-hybridized carbons (Fsp3) is 1.00. The number of aliphatic hydroxyl groups is 2. The summed E-state index contributed by atoms with van der Waals surface area (Å²) in [7, 11) is 0. The minimum atomic E-state index is -0.703. The van der Waals surface area contributed by atoms with E-state index in [0.29, 0.717) is 6.54 Å². The molecule has 0 radical (unpaired) electrons. The van der Waals surface area contributed by atoms with Crippen LogP contribution in [0.15, 0.2) is 0 Å². The van der Waals surface area contributed by atoms with Crippen LogP contribution in [0.5, 0.6) is 0 Å². The van der Waals surface area contributed by atoms with E-state index in [1.165, 1.54) is 0 Å². The van der Waals surface area contributed by atoms with Crippen molar-refractivity contribution in [3.05, 3.63) is 0 Å². The highest BCUT2D eigenvalue weighted by atomic mass is 16.3. The Morgan fingerprint density at radius 2 is 1.88 bits per heavy atom. The SMILES string of the molecule is CC1CCC(CO)(NCC(C)(O)C(C)C)CC1. The van der Waals surface area contributed by atoms with Gasteiger partial charge in [-0.2, -0.15) is 0 Å². The highest BCUT2D eigenvalue weighted by Gasteiger charge is 2.35. The van der Waals surface area contributed by atoms with Crippen LogP contribution in [0.1, 0.15) is 53.4 Å². The second kappa shape index (κ2) is 5.68. The predicted molar refractivity (Wildman–Crippen MR) is 70.9 cm³/mol. The molecule has 0 spiro atoms. The third kappa shape index (κ3) is 3.94. The van der Waals surface area contributed by atoms with Crippen LogP contribution in [0.4, 0.5) is 0 Å². The lowest BCUT2D eigenvalue weighted by Crippen LogP contribution is -2.56. The molecule has 0 bridgehead atoms. The first kappa shape index (κ1) is 14.9. The van der Waals surface area contributed by atoms with Crippen LogP contribution in [0.2, 0.25) is 0 Å². The third-order valence-electron chi connectivity index (χ3n) is 4.60. The molecule has 0 aliphatic heterocycles. The fourth-order valence-corrected chi connectivity index (χ4v) is 2.28. The van der Waals surface area contributed by atoms with Gasteiger partial charge in [-0.25, -0.2) is 0 Å². The van der Waals surface area contributed by atoms with Crippen molar-refractivity contribution in [1.82, 2.24) is 5.32 Å². The molecule has 1 atom stereocenters. The summed E-state index contributed by atoms with van der Waals surface area (Å²) >= 11 is 0. The van der Waals surface area contributed by atoms with Gasteiger partial charge in [0, 0.05) is 12.1 Å². The first-order valence-corrected chi connectivity index (χ1v) is 6.89. The van der Waals surface area contributed by atoms with Gasteiger partial charge in [0.2, 0.25) is 0 Å². The largest absolute Gasteiger partial charge is 0.394 e. The Kier molecular flexibility index (Phi) is 4.99. The Morgan fingerprint density at radius 3 is 2.29 bits per heavy atom. The summed E-state index contributed by atoms with van der Waals surface area (Å²) in [6, 6.07) is 0. The lowest BCUT2D eigenvalue weighted by molar-refractivity contribution is -0.00387. The smallest absolute Gasteiger partial charge is 0.0766 e. The molecule has 1 fully saturated rings. The normalized spacial score (nSPS) is 33.7. The Bertz CT molecular complexity index is 230. The van der Waals surface area contributed by atoms with Gasteiger partial charge in [-0.15, -0.1) is 0 Å². The van der Waals surface area contributed by atoms with Crippen LogP contribution in [-0.2, 0) is 0 Å². The molecule has 0 heterocycles. The Balaban J connectivity index is 2.53. The van der Waals surface area contributed by atoms with Crippen molar-refractivity contribution in [1.29, 1.82) is 0 Å². The van der Waals surface area contributed by atoms with E-state index in [0.717, 1.165) is 31.6 Å². The molecule has 1 aliphatic carbocycles. The second-order valence-electron chi connectivity index (χ2n) is 6.49. The standard InChI is InChI=1S/C14H29NO2/c1-11(2)13(4,17)9-15-14(10-16)7-5-12(3)6-8-14/h11-12,15-17H,5-10H2,1-4H3. The number of β-amino-alcohol motifs (C(OH)–C–C–N with tert-alkyl or cyclic N) is 1. The Hall–Kier alpha value is -0.120. The lowest BCUT2D eigenvalue weighted by atomic mass is 9.77. The van der Waals surface area contributed by atoms with Gasteiger partial charge in [-0.3, -0.25) is 0 Å². The van der Waals surface area contributed by atoms with E-state index in [2.05, 4.69) is 12.2 Å². The fourth-order valence-electron chi connectivity index (χ4n) is 2.28. The summed E-state index contributed by atoms with van der Waals surface area (Å²) in [4.78, 5) is 0. The minimum Gasteiger partial charge on any atom is -0.394 e. The molecular formula is C14H29NO2. The van der Waals surface area contributed by atoms with Gasteiger partial charge in [0.15, 0.2) is 0 Å². The van der Waals surface area contributed by atoms with Crippen molar-refractivity contribution in [2.24, 2.45) is 11.8 Å². The number of rotatable bonds is 5. The molecule has 3 heteroatoms. The molecule has 1 unspecified atom stereocenters. The van der Waals surface area contributed by atoms with Crippen LogP contribution in [-0.4, -0.2) is 34.5 Å². The monoisotopic (exact) mass is 243 g/mol. The lowest BCUT2D eigenvalue weighted by Gasteiger charge is -2.41. The molecule has 1 rings (SSSR count). The Labute approximate surface area is 106 Å². The van der Waals surface area contributed by atoms with E-state index in [1.54, 1.807) is 0 Å². The zero-order chi connectivity index (χ0) is 13.1. The summed E-state index contributed by atoms with van der Waals surface area (Å²) < 4.78 is 0. The first-order chi connectivity index (χ1) is 7.81. The maximum atomic E-state index is 10.2. The van der Waals surface area contributed by atoms with Crippen LogP contribution in [0.3, 0.4) is 0 Å². The quantitative estimate of drug-likeness (QED) is 0.691. The van der Waals surface area contributed by atoms with Crippen LogP contribution in [0, 0.1) is 11.8 Å². The zero-order valence-electron chi connectivity index (χ0n) is 11.8. The minimum absolute atomic E-state index is 0.161. The van der Waals surface area contributed by atoms with Gasteiger partial charge in [-0.1, -0.05) is 20.8 Å². The van der Waals surface area contributed by atoms with E-state index < -0.39 is 5.60 Å². The summed E-state index contributed by atoms with van der Waals surface area (Å²) in [5.41, 5.74) is -0.864. The average Bonchev–Trinajstić information content (AvgIpc) is 2.29. The predicted octanol–water partition coefficient (Wildman–Crippen LogP) is 1.92. The molecule has 0 amide bonds. The molecule has 0 aromatic rings. The van der Waals surface area contributed by atoms with Gasteiger partial charge < -0.3 is 15.5 Å². The van der Waals surface area contributed by atoms with Crippen molar-refractivity contribution in [3.8, 4) is 0 Å². The van der Waals surface area contributed by atoms with Gasteiger partial charge in [-0.05, 0) is 44.4 Å². The van der Waals surface area contributed by atoms with E-state index in [4.69, 9.17) is 0 Å². The first-order valence-electron chi connectivity index (χ1n) is 6.89. The van der Waals surface area contributed by atoms with Crippen LogP contribution in [0.25, 0.3) is 0 Å². The molecule has 102 valence electrons. The van der Waals surface area contributed by atoms with Crippen LogP contribution >= 0.6 is 0 Å². The van der Waals surface area contributed by atoms with Gasteiger partial charge in [0.25, 0.3) is 0 Å². The molecule has 0 aromatic heterocycles. The summed E-state index contributed by atoms with van der Waals surface area (Å²) in [5.74, 6) is 0.982. The Morgan fingerprint density at radius 1 is 1.35 bits per heavy atom. The zero-order valence-corrected chi connectivity index (χ0v) is 11.8. The molecule has 1 aliphatic rings. The molecular weight excluding hydrogens is 214 g/mol. The summed E-state index contributed by atoms with van der Waals surface area (Å²) in [6.07, 6.45) is 4.35. The third-order valence-corrected chi connectivity index (χ3v) is 4.60. The molecule has 17 heavy (non-hydrogen) atoms. The second-order valence-corrected chi connectivity index (χ2v) is 6.49. The summed E-state index contributed by atoms with van der Waals surface area (Å²) in [5, 5.41) is 23.3. The van der Waals surface area contributed by atoms with E-state index >= 15 is 0 Å². The maximum absolute atomic E-state index is 10.2. The van der Waals surface area contributed by atoms with Crippen LogP contribution < -0.4 is 5.32 Å². The topological polar surface area (TPSA) is 52.5 Å². The van der Waals surface area contributed by atoms with E-state index in [1.807, 2.05) is 20.8 Å². The molecule has 0 saturated heterocycles. The molecule has 1 saturated carbocycles. The number of hydrogen-bond donors (Lipinski definition) is 3. The number of aliphatic hydroxyl groups excluding tert-OH is 1. The van der Waals surface area contributed by atoms with Crippen molar-refractivity contribution in [2.45, 2.75) is 64.5 Å². The van der Waals surface area contributed by atoms with Crippen molar-refractivity contribution in [2.75, 3.05) is 13.2 Å². The van der Waals surface area contributed by atoms with Gasteiger partial charge in [0.05, 0.1) is 12.2 Å². The molecule has 3 N–H and O–H groups in total. The van der Waals surface area contributed by atoms with Crippen molar-refractivity contribution < 1.29 is 10.2 Å². The van der Waals surface area contributed by atoms with E-state index in [-0.39, 0.29) is 18.1 Å². The van der Waals surface area contributed by atoms with Crippen molar-refractivity contribution >= 4 is 0 Å². The number of nitrogens with one attached hydrogen (secondary N) is 1. The molecule has 3 nitrogen and oxygen atoms in total. The van der Waals surface area contributed by atoms with Gasteiger partial charge in [0.1, 0.15) is 0 Å². The number of hydrogen-bond acceptors (Lipinski definition) is 3. The summed E-state index contributed by atoms with van der Waals surface area (Å²) in [6.45, 7) is 8.91. The molecule has 0 aromatic carbocycles. The average molecular weight is 243 g/mol. The maximum Gasteiger partial charge on any atom is 0.0766 e. The van der Waals surface area contributed by atoms with E-state index in [9.17, 15) is 10.2 Å².